The van der Waals surface area contributed by atoms with Gasteiger partial charge in [0.25, 0.3) is 0 Å². The average Bonchev–Trinajstić information content (AvgIpc) is 2.70. The molecule has 2 heteroatoms. The van der Waals surface area contributed by atoms with E-state index in [-0.39, 0.29) is 11.2 Å². The minimum Gasteiger partial charge on any atom is -0.293 e. The Morgan fingerprint density at radius 1 is 0.812 bits per heavy atom. The lowest BCUT2D eigenvalue weighted by molar-refractivity contribution is -0.204. The van der Waals surface area contributed by atoms with Gasteiger partial charge in [-0.25, -0.2) is 0 Å². The Balaban J connectivity index is 1.62. The van der Waals surface area contributed by atoms with Crippen LogP contribution in [0.25, 0.3) is 0 Å². The zero-order valence-electron chi connectivity index (χ0n) is 21.6. The first-order valence-corrected chi connectivity index (χ1v) is 13.8. The summed E-state index contributed by atoms with van der Waals surface area (Å²) in [5, 5.41) is 0. The maximum atomic E-state index is 13.0. The number of hydrogen-bond donors (Lipinski definition) is 0. The predicted molar refractivity (Wildman–Crippen MR) is 137 cm³/mol. The molecule has 0 aromatic heterocycles. The molecular weight excluding hydrogens is 456 g/mol. The standard InChI is InChI=1S/C30H43BrO/c1-25(2)11-12-27(5)13-15-29(7)22-10-9-19-20(17-21(31)24(32)26(19,3)4)28(22,6)14-16-30(29,8)23(27)18-25/h9-10,17,22-23H,11-16,18H2,1-8H3/t22-,23+,27+,28-,29+,30-/m0/s1. The molecule has 5 aliphatic rings. The lowest BCUT2D eigenvalue weighted by atomic mass is 9.33. The second kappa shape index (κ2) is 6.52. The Morgan fingerprint density at radius 2 is 1.44 bits per heavy atom. The summed E-state index contributed by atoms with van der Waals surface area (Å²) in [4.78, 5) is 13.0. The first kappa shape index (κ1) is 23.1. The highest BCUT2D eigenvalue weighted by atomic mass is 79.9. The fourth-order valence-corrected chi connectivity index (χ4v) is 10.0. The largest absolute Gasteiger partial charge is 0.293 e. The molecule has 0 amide bonds. The Bertz CT molecular complexity index is 979. The molecule has 0 aromatic carbocycles. The molecule has 0 radical (unpaired) electrons. The number of allylic oxidation sites excluding steroid dienone is 6. The summed E-state index contributed by atoms with van der Waals surface area (Å²) in [5.41, 5.74) is 3.97. The molecule has 32 heavy (non-hydrogen) atoms. The van der Waals surface area contributed by atoms with Gasteiger partial charge in [0, 0.05) is 0 Å². The van der Waals surface area contributed by atoms with Crippen LogP contribution in [-0.4, -0.2) is 5.78 Å². The summed E-state index contributed by atoms with van der Waals surface area (Å²) in [7, 11) is 0. The zero-order chi connectivity index (χ0) is 23.5. The monoisotopic (exact) mass is 498 g/mol. The highest BCUT2D eigenvalue weighted by molar-refractivity contribution is 9.12. The van der Waals surface area contributed by atoms with Crippen LogP contribution in [0.1, 0.15) is 100 Å². The van der Waals surface area contributed by atoms with Gasteiger partial charge in [0.2, 0.25) is 0 Å². The molecule has 0 spiro atoms. The quantitative estimate of drug-likeness (QED) is 0.325. The SMILES string of the molecule is CC1(C)CC[C@]2(C)CC[C@]3(C)[C@H]4C=CC5=C(C=C(Br)C(=O)C5(C)C)[C@]4(C)CC[C@@]3(C)[C@@H]2C1. The highest BCUT2D eigenvalue weighted by Gasteiger charge is 2.67. The van der Waals surface area contributed by atoms with E-state index >= 15 is 0 Å². The van der Waals surface area contributed by atoms with Crippen molar-refractivity contribution >= 4 is 21.7 Å². The molecule has 0 saturated heterocycles. The van der Waals surface area contributed by atoms with Gasteiger partial charge in [0.05, 0.1) is 9.90 Å². The van der Waals surface area contributed by atoms with Crippen LogP contribution in [0.5, 0.6) is 0 Å². The molecule has 0 aliphatic heterocycles. The van der Waals surface area contributed by atoms with Crippen molar-refractivity contribution in [2.45, 2.75) is 100 Å². The van der Waals surface area contributed by atoms with Gasteiger partial charge in [-0.2, -0.15) is 0 Å². The van der Waals surface area contributed by atoms with Crippen LogP contribution in [0.4, 0.5) is 0 Å². The van der Waals surface area contributed by atoms with Crippen molar-refractivity contribution in [2.24, 2.45) is 44.3 Å². The second-order valence-electron chi connectivity index (χ2n) is 14.4. The van der Waals surface area contributed by atoms with Crippen molar-refractivity contribution < 1.29 is 4.79 Å². The van der Waals surface area contributed by atoms with Crippen LogP contribution < -0.4 is 0 Å². The fraction of sp³-hybridized carbons (Fsp3) is 0.767. The zero-order valence-corrected chi connectivity index (χ0v) is 23.2. The van der Waals surface area contributed by atoms with E-state index in [2.05, 4.69) is 89.5 Å². The van der Waals surface area contributed by atoms with Crippen LogP contribution in [0, 0.1) is 44.3 Å². The topological polar surface area (TPSA) is 17.1 Å². The summed E-state index contributed by atoms with van der Waals surface area (Å²) in [6.07, 6.45) is 16.5. The van der Waals surface area contributed by atoms with Gasteiger partial charge in [0.15, 0.2) is 5.78 Å². The molecule has 6 atom stereocenters. The molecule has 5 rings (SSSR count). The fourth-order valence-electron chi connectivity index (χ4n) is 9.29. The second-order valence-corrected chi connectivity index (χ2v) is 15.3. The third kappa shape index (κ3) is 2.71. The number of hydrogen-bond acceptors (Lipinski definition) is 1. The molecule has 0 bridgehead atoms. The smallest absolute Gasteiger partial charge is 0.179 e. The number of rotatable bonds is 0. The van der Waals surface area contributed by atoms with Crippen molar-refractivity contribution in [1.82, 2.24) is 0 Å². The first-order chi connectivity index (χ1) is 14.6. The summed E-state index contributed by atoms with van der Waals surface area (Å²) in [6.45, 7) is 19.7. The van der Waals surface area contributed by atoms with E-state index in [4.69, 9.17) is 0 Å². The van der Waals surface area contributed by atoms with Crippen molar-refractivity contribution in [1.29, 1.82) is 0 Å². The van der Waals surface area contributed by atoms with E-state index in [1.807, 2.05) is 0 Å². The van der Waals surface area contributed by atoms with Gasteiger partial charge in [-0.1, -0.05) is 53.7 Å². The predicted octanol–water partition coefficient (Wildman–Crippen LogP) is 8.80. The summed E-state index contributed by atoms with van der Waals surface area (Å²) >= 11 is 3.64. The third-order valence-electron chi connectivity index (χ3n) is 11.9. The Hall–Kier alpha value is -0.630. The number of halogens is 1. The van der Waals surface area contributed by atoms with Crippen LogP contribution in [0.3, 0.4) is 0 Å². The molecule has 0 unspecified atom stereocenters. The molecule has 3 saturated carbocycles. The van der Waals surface area contributed by atoms with Crippen molar-refractivity contribution in [2.75, 3.05) is 0 Å². The number of fused-ring (bicyclic) bond motifs is 6. The van der Waals surface area contributed by atoms with E-state index in [1.54, 1.807) is 0 Å². The Morgan fingerprint density at radius 3 is 2.12 bits per heavy atom. The van der Waals surface area contributed by atoms with E-state index in [1.165, 1.54) is 56.1 Å². The van der Waals surface area contributed by atoms with Crippen molar-refractivity contribution in [3.63, 3.8) is 0 Å². The molecule has 5 aliphatic carbocycles. The minimum atomic E-state index is -0.451. The average molecular weight is 500 g/mol. The van der Waals surface area contributed by atoms with E-state index in [0.29, 0.717) is 27.6 Å². The number of carbonyl (C=O) groups is 1. The lowest BCUT2D eigenvalue weighted by Crippen LogP contribution is -2.64. The highest BCUT2D eigenvalue weighted by Crippen LogP contribution is 2.76. The molecule has 0 aromatic rings. The summed E-state index contributed by atoms with van der Waals surface area (Å²) in [6, 6.07) is 0. The molecular formula is C30H43BrO. The van der Waals surface area contributed by atoms with E-state index < -0.39 is 5.41 Å². The summed E-state index contributed by atoms with van der Waals surface area (Å²) in [5.74, 6) is 1.55. The van der Waals surface area contributed by atoms with Gasteiger partial charge in [0.1, 0.15) is 0 Å². The maximum Gasteiger partial charge on any atom is 0.179 e. The lowest BCUT2D eigenvalue weighted by Gasteiger charge is -2.71. The third-order valence-corrected chi connectivity index (χ3v) is 12.5. The molecule has 0 N–H and O–H groups in total. The van der Waals surface area contributed by atoms with Crippen LogP contribution >= 0.6 is 15.9 Å². The van der Waals surface area contributed by atoms with Crippen molar-refractivity contribution in [3.05, 3.63) is 33.9 Å². The minimum absolute atomic E-state index is 0.104. The number of ketones is 1. The molecule has 176 valence electrons. The number of carbonyl (C=O) groups excluding carboxylic acids is 1. The molecule has 1 nitrogen and oxygen atoms in total. The van der Waals surface area contributed by atoms with E-state index in [9.17, 15) is 4.79 Å². The molecule has 0 heterocycles. The van der Waals surface area contributed by atoms with Gasteiger partial charge < -0.3 is 0 Å². The van der Waals surface area contributed by atoms with Gasteiger partial charge >= 0.3 is 0 Å². The first-order valence-electron chi connectivity index (χ1n) is 13.0. The normalized spacial score (nSPS) is 48.9. The van der Waals surface area contributed by atoms with Gasteiger partial charge in [-0.3, -0.25) is 4.79 Å². The van der Waals surface area contributed by atoms with Gasteiger partial charge in [-0.15, -0.1) is 0 Å². The Kier molecular flexibility index (Phi) is 4.71. The van der Waals surface area contributed by atoms with Gasteiger partial charge in [-0.05, 0) is 131 Å². The maximum absolute atomic E-state index is 13.0. The van der Waals surface area contributed by atoms with Crippen LogP contribution in [-0.2, 0) is 4.79 Å². The van der Waals surface area contributed by atoms with E-state index in [0.717, 1.165) is 10.4 Å². The number of Topliss-reactive ketones (excluding diaryl/α,β-unsaturated/α-hetero) is 1. The van der Waals surface area contributed by atoms with Crippen molar-refractivity contribution in [3.8, 4) is 0 Å². The van der Waals surface area contributed by atoms with Crippen LogP contribution in [0.15, 0.2) is 33.9 Å². The van der Waals surface area contributed by atoms with Crippen LogP contribution in [0.2, 0.25) is 0 Å². The Labute approximate surface area is 204 Å². The molecule has 3 fully saturated rings. The summed E-state index contributed by atoms with van der Waals surface area (Å²) < 4.78 is 0.764.